The van der Waals surface area contributed by atoms with Gasteiger partial charge < -0.3 is 28.8 Å². The minimum atomic E-state index is -1.47. The number of carbonyl (C=O) groups is 1. The summed E-state index contributed by atoms with van der Waals surface area (Å²) in [7, 11) is 0. The number of fused-ring (bicyclic) bond motifs is 1. The van der Waals surface area contributed by atoms with Crippen LogP contribution in [0.15, 0.2) is 0 Å². The monoisotopic (exact) mass is 288 g/mol. The van der Waals surface area contributed by atoms with Crippen molar-refractivity contribution in [1.29, 1.82) is 0 Å². The summed E-state index contributed by atoms with van der Waals surface area (Å²) in [6, 6.07) is 0. The Balaban J connectivity index is 1.87. The van der Waals surface area contributed by atoms with Crippen molar-refractivity contribution in [1.82, 2.24) is 0 Å². The zero-order valence-corrected chi connectivity index (χ0v) is 12.0. The lowest BCUT2D eigenvalue weighted by Crippen LogP contribution is -2.49. The van der Waals surface area contributed by atoms with Crippen LogP contribution in [0.25, 0.3) is 0 Å². The van der Waals surface area contributed by atoms with E-state index in [0.717, 1.165) is 0 Å². The lowest BCUT2D eigenvalue weighted by molar-refractivity contribution is -0.210. The fraction of sp³-hybridized carbons (Fsp3) is 0.923. The number of esters is 1. The Kier molecular flexibility index (Phi) is 2.94. The summed E-state index contributed by atoms with van der Waals surface area (Å²) >= 11 is 0. The van der Waals surface area contributed by atoms with Gasteiger partial charge in [-0.05, 0) is 27.7 Å². The summed E-state index contributed by atoms with van der Waals surface area (Å²) in [5.41, 5.74) is -1.47. The Morgan fingerprint density at radius 1 is 1.20 bits per heavy atom. The molecule has 1 N–H and O–H groups in total. The molecular formula is C13H20O7. The first-order chi connectivity index (χ1) is 9.19. The molecule has 0 aromatic carbocycles. The highest BCUT2D eigenvalue weighted by Gasteiger charge is 2.69. The fourth-order valence-corrected chi connectivity index (χ4v) is 3.03. The van der Waals surface area contributed by atoms with Crippen molar-refractivity contribution < 1.29 is 33.6 Å². The van der Waals surface area contributed by atoms with E-state index >= 15 is 0 Å². The van der Waals surface area contributed by atoms with Crippen LogP contribution in [0.2, 0.25) is 0 Å². The second kappa shape index (κ2) is 4.14. The largest absolute Gasteiger partial charge is 0.454 e. The number of cyclic esters (lactones) is 1. The number of aliphatic hydroxyl groups is 1. The number of rotatable bonds is 2. The van der Waals surface area contributed by atoms with Gasteiger partial charge in [-0.25, -0.2) is 4.79 Å². The maximum absolute atomic E-state index is 12.1. The first-order valence-corrected chi connectivity index (χ1v) is 6.71. The SMILES string of the molecule is CC1(C)OC[C@H]([C@@H]2OC(=O)[C@@]3(CO)OC(C)(C)O[C@@H]23)O1. The number of aliphatic hydroxyl groups excluding tert-OH is 1. The molecule has 3 heterocycles. The van der Waals surface area contributed by atoms with Gasteiger partial charge in [0.1, 0.15) is 12.2 Å². The number of ether oxygens (including phenoxy) is 5. The Morgan fingerprint density at radius 2 is 1.90 bits per heavy atom. The van der Waals surface area contributed by atoms with Crippen LogP contribution < -0.4 is 0 Å². The first-order valence-electron chi connectivity index (χ1n) is 6.71. The number of carbonyl (C=O) groups excluding carboxylic acids is 1. The fourth-order valence-electron chi connectivity index (χ4n) is 3.03. The summed E-state index contributed by atoms with van der Waals surface area (Å²) < 4.78 is 28.0. The summed E-state index contributed by atoms with van der Waals surface area (Å²) in [4.78, 5) is 12.1. The van der Waals surface area contributed by atoms with E-state index in [1.807, 2.05) is 0 Å². The molecule has 114 valence electrons. The van der Waals surface area contributed by atoms with Gasteiger partial charge in [-0.1, -0.05) is 0 Å². The lowest BCUT2D eigenvalue weighted by Gasteiger charge is -2.25. The standard InChI is InChI=1S/C13H20O7/c1-11(2)16-5-7(18-11)8-9-13(6-14,10(15)17-8)20-12(3,4)19-9/h7-9,14H,5-6H2,1-4H3/t7-,8+,9+,13+/m1/s1. The molecule has 3 aliphatic heterocycles. The van der Waals surface area contributed by atoms with Crippen molar-refractivity contribution in [3.8, 4) is 0 Å². The van der Waals surface area contributed by atoms with Gasteiger partial charge in [0.25, 0.3) is 0 Å². The lowest BCUT2D eigenvalue weighted by atomic mass is 9.95. The van der Waals surface area contributed by atoms with Crippen molar-refractivity contribution in [3.05, 3.63) is 0 Å². The van der Waals surface area contributed by atoms with Gasteiger partial charge >= 0.3 is 5.97 Å². The molecule has 4 atom stereocenters. The molecule has 0 radical (unpaired) electrons. The molecule has 3 saturated heterocycles. The number of hydrogen-bond acceptors (Lipinski definition) is 7. The van der Waals surface area contributed by atoms with E-state index < -0.39 is 48.1 Å². The molecule has 7 heteroatoms. The van der Waals surface area contributed by atoms with Gasteiger partial charge in [0.15, 0.2) is 17.7 Å². The predicted octanol–water partition coefficient (Wildman–Crippen LogP) is -0.0541. The predicted molar refractivity (Wildman–Crippen MR) is 64.6 cm³/mol. The van der Waals surface area contributed by atoms with Crippen LogP contribution in [0, 0.1) is 0 Å². The molecule has 0 aliphatic carbocycles. The van der Waals surface area contributed by atoms with Crippen LogP contribution in [0.4, 0.5) is 0 Å². The highest BCUT2D eigenvalue weighted by atomic mass is 16.8. The summed E-state index contributed by atoms with van der Waals surface area (Å²) in [6.07, 6.45) is -1.81. The van der Waals surface area contributed by atoms with Crippen LogP contribution in [-0.2, 0) is 28.5 Å². The smallest absolute Gasteiger partial charge is 0.344 e. The molecule has 0 bridgehead atoms. The van der Waals surface area contributed by atoms with E-state index in [1.165, 1.54) is 0 Å². The first kappa shape index (κ1) is 14.2. The third kappa shape index (κ3) is 1.96. The van der Waals surface area contributed by atoms with Gasteiger partial charge in [0.2, 0.25) is 5.60 Å². The van der Waals surface area contributed by atoms with Crippen molar-refractivity contribution in [2.45, 2.75) is 63.2 Å². The summed E-state index contributed by atoms with van der Waals surface area (Å²) in [6.45, 7) is 6.78. The molecule has 0 unspecified atom stereocenters. The Morgan fingerprint density at radius 3 is 2.45 bits per heavy atom. The van der Waals surface area contributed by atoms with Crippen LogP contribution in [0.1, 0.15) is 27.7 Å². The van der Waals surface area contributed by atoms with Crippen molar-refractivity contribution in [2.75, 3.05) is 13.2 Å². The zero-order chi connectivity index (χ0) is 14.8. The molecule has 0 amide bonds. The minimum Gasteiger partial charge on any atom is -0.454 e. The quantitative estimate of drug-likeness (QED) is 0.713. The average molecular weight is 288 g/mol. The maximum atomic E-state index is 12.1. The van der Waals surface area contributed by atoms with Gasteiger partial charge in [0.05, 0.1) is 13.2 Å². The van der Waals surface area contributed by atoms with E-state index in [0.29, 0.717) is 6.61 Å². The van der Waals surface area contributed by atoms with E-state index in [4.69, 9.17) is 23.7 Å². The molecule has 3 rings (SSSR count). The number of hydrogen-bond donors (Lipinski definition) is 1. The minimum absolute atomic E-state index is 0.298. The zero-order valence-electron chi connectivity index (χ0n) is 12.0. The van der Waals surface area contributed by atoms with Crippen LogP contribution in [0.3, 0.4) is 0 Å². The molecule has 0 aromatic rings. The second-order valence-electron chi connectivity index (χ2n) is 6.33. The van der Waals surface area contributed by atoms with Crippen LogP contribution in [0.5, 0.6) is 0 Å². The molecule has 20 heavy (non-hydrogen) atoms. The van der Waals surface area contributed by atoms with E-state index in [9.17, 15) is 9.90 Å². The summed E-state index contributed by atoms with van der Waals surface area (Å²) in [5.74, 6) is -2.30. The van der Waals surface area contributed by atoms with Crippen molar-refractivity contribution >= 4 is 5.97 Å². The maximum Gasteiger partial charge on any atom is 0.344 e. The Bertz CT molecular complexity index is 432. The van der Waals surface area contributed by atoms with Crippen LogP contribution in [-0.4, -0.2) is 59.8 Å². The normalized spacial score (nSPS) is 45.5. The topological polar surface area (TPSA) is 83.5 Å². The van der Waals surface area contributed by atoms with Gasteiger partial charge in [0, 0.05) is 0 Å². The van der Waals surface area contributed by atoms with Crippen molar-refractivity contribution in [3.63, 3.8) is 0 Å². The van der Waals surface area contributed by atoms with Gasteiger partial charge in [-0.3, -0.25) is 0 Å². The molecule has 7 nitrogen and oxygen atoms in total. The Labute approximate surface area is 117 Å². The molecule has 0 spiro atoms. The Hall–Kier alpha value is -0.730. The third-order valence-corrected chi connectivity index (χ3v) is 3.82. The average Bonchev–Trinajstić information content (AvgIpc) is 2.90. The molecule has 3 fully saturated rings. The van der Waals surface area contributed by atoms with E-state index in [-0.39, 0.29) is 0 Å². The molecule has 3 aliphatic rings. The van der Waals surface area contributed by atoms with Gasteiger partial charge in [-0.2, -0.15) is 0 Å². The van der Waals surface area contributed by atoms with Crippen LogP contribution >= 0.6 is 0 Å². The molecule has 0 aromatic heterocycles. The van der Waals surface area contributed by atoms with Crippen molar-refractivity contribution in [2.24, 2.45) is 0 Å². The van der Waals surface area contributed by atoms with E-state index in [1.54, 1.807) is 27.7 Å². The van der Waals surface area contributed by atoms with Gasteiger partial charge in [-0.15, -0.1) is 0 Å². The summed E-state index contributed by atoms with van der Waals surface area (Å²) in [5, 5.41) is 9.61. The van der Waals surface area contributed by atoms with E-state index in [2.05, 4.69) is 0 Å². The third-order valence-electron chi connectivity index (χ3n) is 3.82. The second-order valence-corrected chi connectivity index (χ2v) is 6.33. The highest BCUT2D eigenvalue weighted by Crippen LogP contribution is 2.46. The highest BCUT2D eigenvalue weighted by molar-refractivity contribution is 5.84. The molecule has 0 saturated carbocycles. The molecular weight excluding hydrogens is 268 g/mol.